The molecule has 0 unspecified atom stereocenters. The van der Waals surface area contributed by atoms with Crippen LogP contribution in [0.3, 0.4) is 0 Å². The average molecular weight is 719 g/mol. The fourth-order valence-electron chi connectivity index (χ4n) is 8.41. The van der Waals surface area contributed by atoms with Gasteiger partial charge in [-0.25, -0.2) is 0 Å². The van der Waals surface area contributed by atoms with Crippen molar-refractivity contribution in [2.75, 3.05) is 4.90 Å². The highest BCUT2D eigenvalue weighted by Gasteiger charge is 2.19. The SMILES string of the molecule is c1ccc(-c2ccc(N(c3ccc(-c4ccc(-n5c6ccccc6c6ccc7ccccc7c65)cc4)cc3)c3cccc4sc5ccccc5c34)cc2)cc1. The lowest BCUT2D eigenvalue weighted by Gasteiger charge is -2.27. The topological polar surface area (TPSA) is 8.17 Å². The van der Waals surface area contributed by atoms with Gasteiger partial charge in [-0.1, -0.05) is 146 Å². The Bertz CT molecular complexity index is 3170. The van der Waals surface area contributed by atoms with E-state index in [1.54, 1.807) is 0 Å². The minimum Gasteiger partial charge on any atom is -0.310 e. The molecule has 0 saturated carbocycles. The fourth-order valence-corrected chi connectivity index (χ4v) is 9.53. The molecule has 0 aliphatic carbocycles. The van der Waals surface area contributed by atoms with Gasteiger partial charge in [-0.3, -0.25) is 0 Å². The third kappa shape index (κ3) is 5.24. The molecule has 258 valence electrons. The van der Waals surface area contributed by atoms with E-state index >= 15 is 0 Å². The first-order valence-electron chi connectivity index (χ1n) is 18.8. The zero-order chi connectivity index (χ0) is 36.3. The first-order valence-corrected chi connectivity index (χ1v) is 19.6. The van der Waals surface area contributed by atoms with Crippen molar-refractivity contribution in [2.45, 2.75) is 0 Å². The van der Waals surface area contributed by atoms with Crippen molar-refractivity contribution in [3.8, 4) is 27.9 Å². The normalized spacial score (nSPS) is 11.6. The quantitative estimate of drug-likeness (QED) is 0.166. The van der Waals surface area contributed by atoms with E-state index in [1.807, 2.05) is 11.3 Å². The Balaban J connectivity index is 1.00. The highest BCUT2D eigenvalue weighted by molar-refractivity contribution is 7.26. The summed E-state index contributed by atoms with van der Waals surface area (Å²) >= 11 is 1.86. The van der Waals surface area contributed by atoms with E-state index in [-0.39, 0.29) is 0 Å². The molecule has 2 aromatic heterocycles. The van der Waals surface area contributed by atoms with Gasteiger partial charge in [0.25, 0.3) is 0 Å². The molecule has 0 atom stereocenters. The Morgan fingerprint density at radius 1 is 0.364 bits per heavy atom. The highest BCUT2D eigenvalue weighted by Crippen LogP contribution is 2.45. The Kier molecular flexibility index (Phi) is 7.39. The maximum Gasteiger partial charge on any atom is 0.0619 e. The van der Waals surface area contributed by atoms with Crippen molar-refractivity contribution in [2.24, 2.45) is 0 Å². The summed E-state index contributed by atoms with van der Waals surface area (Å²) in [6, 6.07) is 75.1. The Hall–Kier alpha value is -6.94. The summed E-state index contributed by atoms with van der Waals surface area (Å²) in [6.45, 7) is 0. The summed E-state index contributed by atoms with van der Waals surface area (Å²) < 4.78 is 5.02. The van der Waals surface area contributed by atoms with E-state index in [1.165, 1.54) is 80.7 Å². The number of hydrogen-bond acceptors (Lipinski definition) is 2. The third-order valence-electron chi connectivity index (χ3n) is 11.0. The summed E-state index contributed by atoms with van der Waals surface area (Å²) in [5, 5.41) is 7.64. The van der Waals surface area contributed by atoms with Crippen LogP contribution in [-0.4, -0.2) is 4.57 Å². The highest BCUT2D eigenvalue weighted by atomic mass is 32.1. The van der Waals surface area contributed by atoms with Gasteiger partial charge in [-0.15, -0.1) is 11.3 Å². The second kappa shape index (κ2) is 12.9. The van der Waals surface area contributed by atoms with Gasteiger partial charge in [0, 0.05) is 53.4 Å². The Morgan fingerprint density at radius 3 is 1.65 bits per heavy atom. The summed E-state index contributed by atoms with van der Waals surface area (Å²) in [4.78, 5) is 2.41. The first-order chi connectivity index (χ1) is 27.3. The maximum absolute atomic E-state index is 2.43. The van der Waals surface area contributed by atoms with E-state index in [2.05, 4.69) is 216 Å². The maximum atomic E-state index is 2.43. The van der Waals surface area contributed by atoms with Crippen molar-refractivity contribution in [3.63, 3.8) is 0 Å². The van der Waals surface area contributed by atoms with Crippen LogP contribution in [0.2, 0.25) is 0 Å². The molecular weight excluding hydrogens is 685 g/mol. The molecule has 2 heterocycles. The van der Waals surface area contributed by atoms with E-state index in [4.69, 9.17) is 0 Å². The van der Waals surface area contributed by atoms with Gasteiger partial charge in [0.2, 0.25) is 0 Å². The van der Waals surface area contributed by atoms with E-state index in [0.29, 0.717) is 0 Å². The summed E-state index contributed by atoms with van der Waals surface area (Å²) in [7, 11) is 0. The monoisotopic (exact) mass is 718 g/mol. The third-order valence-corrected chi connectivity index (χ3v) is 12.1. The smallest absolute Gasteiger partial charge is 0.0619 e. The predicted octanol–water partition coefficient (Wildman–Crippen LogP) is 15.1. The average Bonchev–Trinajstić information content (AvgIpc) is 3.81. The van der Waals surface area contributed by atoms with Crippen LogP contribution in [0.1, 0.15) is 0 Å². The second-order valence-electron chi connectivity index (χ2n) is 14.1. The van der Waals surface area contributed by atoms with Gasteiger partial charge in [0.05, 0.1) is 16.7 Å². The molecule has 0 fully saturated rings. The van der Waals surface area contributed by atoms with Gasteiger partial charge in [-0.2, -0.15) is 0 Å². The Labute approximate surface area is 323 Å². The number of aromatic nitrogens is 1. The van der Waals surface area contributed by atoms with Gasteiger partial charge >= 0.3 is 0 Å². The molecule has 0 radical (unpaired) electrons. The number of benzene rings is 9. The number of rotatable bonds is 6. The standard InChI is InChI=1S/C52H34N2S/c1-2-11-35(12-3-1)36-21-28-40(29-22-36)53(48-18-10-20-50-51(48)46-16-7-9-19-49(46)55-50)41-30-23-37(24-31-41)38-25-32-42(33-26-38)54-47-17-8-6-15-44(47)45-34-27-39-13-4-5-14-43(39)52(45)54/h1-34H. The van der Waals surface area contributed by atoms with Crippen LogP contribution in [0.4, 0.5) is 17.1 Å². The molecule has 11 aromatic rings. The number of fused-ring (bicyclic) bond motifs is 8. The van der Waals surface area contributed by atoms with Crippen LogP contribution in [0, 0.1) is 0 Å². The minimum atomic E-state index is 1.12. The van der Waals surface area contributed by atoms with Crippen molar-refractivity contribution >= 4 is 81.1 Å². The molecule has 0 aliphatic heterocycles. The van der Waals surface area contributed by atoms with Crippen LogP contribution in [-0.2, 0) is 0 Å². The fraction of sp³-hybridized carbons (Fsp3) is 0. The molecule has 55 heavy (non-hydrogen) atoms. The van der Waals surface area contributed by atoms with Crippen LogP contribution >= 0.6 is 11.3 Å². The molecule has 2 nitrogen and oxygen atoms in total. The Morgan fingerprint density at radius 2 is 0.927 bits per heavy atom. The van der Waals surface area contributed by atoms with Crippen molar-refractivity contribution in [1.82, 2.24) is 4.57 Å². The van der Waals surface area contributed by atoms with Gasteiger partial charge in [0.15, 0.2) is 0 Å². The summed E-state index contributed by atoms with van der Waals surface area (Å²) in [6.07, 6.45) is 0. The lowest BCUT2D eigenvalue weighted by molar-refractivity contribution is 1.19. The molecule has 0 spiro atoms. The predicted molar refractivity (Wildman–Crippen MR) is 237 cm³/mol. The van der Waals surface area contributed by atoms with Crippen LogP contribution in [0.5, 0.6) is 0 Å². The van der Waals surface area contributed by atoms with Gasteiger partial charge in [-0.05, 0) is 88.3 Å². The second-order valence-corrected chi connectivity index (χ2v) is 15.2. The minimum absolute atomic E-state index is 1.12. The molecule has 0 saturated heterocycles. The lowest BCUT2D eigenvalue weighted by atomic mass is 10.0. The van der Waals surface area contributed by atoms with E-state index in [0.717, 1.165) is 17.1 Å². The van der Waals surface area contributed by atoms with Crippen LogP contribution < -0.4 is 4.90 Å². The van der Waals surface area contributed by atoms with Crippen molar-refractivity contribution in [3.05, 3.63) is 206 Å². The first kappa shape index (κ1) is 31.6. The molecule has 0 amide bonds. The number of hydrogen-bond donors (Lipinski definition) is 0. The summed E-state index contributed by atoms with van der Waals surface area (Å²) in [5.74, 6) is 0. The van der Waals surface area contributed by atoms with Gasteiger partial charge < -0.3 is 9.47 Å². The van der Waals surface area contributed by atoms with Crippen LogP contribution in [0.15, 0.2) is 206 Å². The number of anilines is 3. The molecular formula is C52H34N2S. The number of para-hydroxylation sites is 1. The zero-order valence-corrected chi connectivity index (χ0v) is 30.7. The lowest BCUT2D eigenvalue weighted by Crippen LogP contribution is -2.10. The largest absolute Gasteiger partial charge is 0.310 e. The van der Waals surface area contributed by atoms with E-state index < -0.39 is 0 Å². The van der Waals surface area contributed by atoms with E-state index in [9.17, 15) is 0 Å². The summed E-state index contributed by atoms with van der Waals surface area (Å²) in [5.41, 5.74) is 11.8. The molecule has 11 rings (SSSR count). The van der Waals surface area contributed by atoms with Crippen LogP contribution in [0.25, 0.3) is 80.7 Å². The molecule has 3 heteroatoms. The number of nitrogens with zero attached hydrogens (tertiary/aromatic N) is 2. The van der Waals surface area contributed by atoms with Gasteiger partial charge in [0.1, 0.15) is 0 Å². The molecule has 0 N–H and O–H groups in total. The number of thiophene rings is 1. The van der Waals surface area contributed by atoms with Crippen molar-refractivity contribution in [1.29, 1.82) is 0 Å². The molecule has 9 aromatic carbocycles. The van der Waals surface area contributed by atoms with Crippen molar-refractivity contribution < 1.29 is 0 Å². The molecule has 0 bridgehead atoms. The zero-order valence-electron chi connectivity index (χ0n) is 29.9. The molecule has 0 aliphatic rings.